The van der Waals surface area contributed by atoms with E-state index in [1.807, 2.05) is 6.92 Å². The van der Waals surface area contributed by atoms with Gasteiger partial charge in [0.1, 0.15) is 0 Å². The van der Waals surface area contributed by atoms with E-state index in [2.05, 4.69) is 25.5 Å². The van der Waals surface area contributed by atoms with Gasteiger partial charge in [0.05, 0.1) is 5.56 Å². The second kappa shape index (κ2) is 5.53. The van der Waals surface area contributed by atoms with Crippen LogP contribution in [0.2, 0.25) is 0 Å². The Balaban J connectivity index is 2.68. The minimum atomic E-state index is -4.27. The topological polar surface area (TPSA) is 12.0 Å². The molecule has 0 saturated heterocycles. The average molecular weight is 277 g/mol. The lowest BCUT2D eigenvalue weighted by atomic mass is 10.1. The summed E-state index contributed by atoms with van der Waals surface area (Å²) in [5.41, 5.74) is 0.238. The molecule has 0 aliphatic carbocycles. The molecule has 1 N–H and O–H groups in total. The number of rotatable bonds is 3. The maximum Gasteiger partial charge on any atom is 0.416 e. The van der Waals surface area contributed by atoms with Gasteiger partial charge in [0.15, 0.2) is 0 Å². The van der Waals surface area contributed by atoms with Crippen molar-refractivity contribution in [2.24, 2.45) is 0 Å². The molecule has 1 nitrogen and oxygen atoms in total. The van der Waals surface area contributed by atoms with Gasteiger partial charge in [-0.3, -0.25) is 4.72 Å². The number of hydrogen-bond acceptors (Lipinski definition) is 2. The van der Waals surface area contributed by atoms with E-state index < -0.39 is 11.7 Å². The third-order valence-electron chi connectivity index (χ3n) is 2.28. The Hall–Kier alpha value is -0.680. The van der Waals surface area contributed by atoms with Gasteiger partial charge < -0.3 is 0 Å². The second-order valence-corrected chi connectivity index (χ2v) is 6.84. The molecule has 1 aromatic carbocycles. The van der Waals surface area contributed by atoms with Crippen LogP contribution in [0.15, 0.2) is 24.3 Å². The molecule has 18 heavy (non-hydrogen) atoms. The Morgan fingerprint density at radius 2 is 1.56 bits per heavy atom. The van der Waals surface area contributed by atoms with Crippen molar-refractivity contribution < 1.29 is 13.2 Å². The van der Waals surface area contributed by atoms with Crippen molar-refractivity contribution in [3.63, 3.8) is 0 Å². The molecular weight excluding hydrogens is 259 g/mol. The Kier molecular flexibility index (Phi) is 4.72. The number of alkyl halides is 3. The van der Waals surface area contributed by atoms with Crippen LogP contribution in [0.1, 0.15) is 44.9 Å². The molecule has 0 bridgehead atoms. The summed E-state index contributed by atoms with van der Waals surface area (Å²) in [7, 11) is 0. The van der Waals surface area contributed by atoms with Gasteiger partial charge in [0.25, 0.3) is 0 Å². The minimum absolute atomic E-state index is 0.0107. The Morgan fingerprint density at radius 3 is 1.94 bits per heavy atom. The standard InChI is InChI=1S/C13H18F3NS/c1-9(17-18-12(2,3)4)10-5-7-11(8-6-10)13(14,15)16/h5-9,17H,1-4H3. The predicted octanol–water partition coefficient (Wildman–Crippen LogP) is 4.80. The highest BCUT2D eigenvalue weighted by atomic mass is 32.2. The van der Waals surface area contributed by atoms with Gasteiger partial charge in [-0.2, -0.15) is 13.2 Å². The first kappa shape index (κ1) is 15.4. The predicted molar refractivity (Wildman–Crippen MR) is 70.3 cm³/mol. The molecule has 0 saturated carbocycles. The van der Waals surface area contributed by atoms with Crippen molar-refractivity contribution in [1.82, 2.24) is 4.72 Å². The summed E-state index contributed by atoms with van der Waals surface area (Å²) < 4.78 is 40.5. The average Bonchev–Trinajstić information content (AvgIpc) is 2.24. The molecule has 0 aliphatic heterocycles. The van der Waals surface area contributed by atoms with Crippen LogP contribution in [-0.2, 0) is 6.18 Å². The number of nitrogens with one attached hydrogen (secondary N) is 1. The zero-order valence-electron chi connectivity index (χ0n) is 10.9. The summed E-state index contributed by atoms with van der Waals surface area (Å²) in [6.45, 7) is 8.15. The van der Waals surface area contributed by atoms with Crippen molar-refractivity contribution in [3.05, 3.63) is 35.4 Å². The largest absolute Gasteiger partial charge is 0.416 e. The Labute approximate surface area is 110 Å². The molecule has 0 amide bonds. The third-order valence-corrected chi connectivity index (χ3v) is 3.36. The van der Waals surface area contributed by atoms with E-state index in [4.69, 9.17) is 0 Å². The van der Waals surface area contributed by atoms with Gasteiger partial charge in [-0.1, -0.05) is 24.1 Å². The maximum atomic E-state index is 12.4. The lowest BCUT2D eigenvalue weighted by Crippen LogP contribution is -2.19. The lowest BCUT2D eigenvalue weighted by Gasteiger charge is -2.22. The fraction of sp³-hybridized carbons (Fsp3) is 0.538. The van der Waals surface area contributed by atoms with Gasteiger partial charge >= 0.3 is 6.18 Å². The SMILES string of the molecule is CC(NSC(C)(C)C)c1ccc(C(F)(F)F)cc1. The molecule has 102 valence electrons. The zero-order chi connectivity index (χ0) is 14.0. The molecule has 1 unspecified atom stereocenters. The van der Waals surface area contributed by atoms with Crippen molar-refractivity contribution in [1.29, 1.82) is 0 Å². The molecule has 0 radical (unpaired) electrons. The second-order valence-electron chi connectivity index (χ2n) is 5.17. The van der Waals surface area contributed by atoms with E-state index >= 15 is 0 Å². The van der Waals surface area contributed by atoms with E-state index in [0.717, 1.165) is 17.7 Å². The van der Waals surface area contributed by atoms with Crippen LogP contribution in [-0.4, -0.2) is 4.75 Å². The smallest absolute Gasteiger partial charge is 0.256 e. The van der Waals surface area contributed by atoms with Gasteiger partial charge in [-0.15, -0.1) is 0 Å². The van der Waals surface area contributed by atoms with Crippen LogP contribution in [0.3, 0.4) is 0 Å². The van der Waals surface area contributed by atoms with Crippen LogP contribution in [0.4, 0.5) is 13.2 Å². The number of halogens is 3. The molecule has 1 atom stereocenters. The van der Waals surface area contributed by atoms with E-state index in [1.165, 1.54) is 12.1 Å². The number of hydrogen-bond donors (Lipinski definition) is 1. The maximum absolute atomic E-state index is 12.4. The number of benzene rings is 1. The summed E-state index contributed by atoms with van der Waals surface area (Å²) in [5.74, 6) is 0. The van der Waals surface area contributed by atoms with E-state index in [1.54, 1.807) is 11.9 Å². The first-order chi connectivity index (χ1) is 8.09. The lowest BCUT2D eigenvalue weighted by molar-refractivity contribution is -0.137. The van der Waals surface area contributed by atoms with Crippen molar-refractivity contribution in [2.45, 2.75) is 44.7 Å². The highest BCUT2D eigenvalue weighted by Gasteiger charge is 2.30. The van der Waals surface area contributed by atoms with Crippen LogP contribution in [0.5, 0.6) is 0 Å². The molecule has 0 fully saturated rings. The zero-order valence-corrected chi connectivity index (χ0v) is 11.7. The highest BCUT2D eigenvalue weighted by Crippen LogP contribution is 2.30. The summed E-state index contributed by atoms with van der Waals surface area (Å²) in [6, 6.07) is 5.29. The highest BCUT2D eigenvalue weighted by molar-refractivity contribution is 7.98. The van der Waals surface area contributed by atoms with Gasteiger partial charge in [-0.05, 0) is 45.4 Å². The van der Waals surface area contributed by atoms with E-state index in [9.17, 15) is 13.2 Å². The first-order valence-corrected chi connectivity index (χ1v) is 6.52. The van der Waals surface area contributed by atoms with Gasteiger partial charge in [0, 0.05) is 10.8 Å². The van der Waals surface area contributed by atoms with Crippen LogP contribution < -0.4 is 4.72 Å². The minimum Gasteiger partial charge on any atom is -0.256 e. The van der Waals surface area contributed by atoms with Gasteiger partial charge in [-0.25, -0.2) is 0 Å². The monoisotopic (exact) mass is 277 g/mol. The molecule has 1 aromatic rings. The molecule has 0 aromatic heterocycles. The molecule has 5 heteroatoms. The van der Waals surface area contributed by atoms with E-state index in [-0.39, 0.29) is 10.8 Å². The summed E-state index contributed by atoms with van der Waals surface area (Å²) in [5, 5.41) is 0. The fourth-order valence-electron chi connectivity index (χ4n) is 1.29. The molecule has 0 aliphatic rings. The van der Waals surface area contributed by atoms with Crippen LogP contribution in [0, 0.1) is 0 Å². The summed E-state index contributed by atoms with van der Waals surface area (Å²) in [4.78, 5) is 0. The van der Waals surface area contributed by atoms with Gasteiger partial charge in [0.2, 0.25) is 0 Å². The molecule has 0 heterocycles. The first-order valence-electron chi connectivity index (χ1n) is 5.70. The van der Waals surface area contributed by atoms with Crippen molar-refractivity contribution >= 4 is 11.9 Å². The van der Waals surface area contributed by atoms with E-state index in [0.29, 0.717) is 0 Å². The Bertz CT molecular complexity index is 379. The molecule has 1 rings (SSSR count). The van der Waals surface area contributed by atoms with Crippen molar-refractivity contribution in [3.8, 4) is 0 Å². The summed E-state index contributed by atoms with van der Waals surface area (Å²) >= 11 is 1.57. The van der Waals surface area contributed by atoms with Crippen LogP contribution >= 0.6 is 11.9 Å². The van der Waals surface area contributed by atoms with Crippen LogP contribution in [0.25, 0.3) is 0 Å². The van der Waals surface area contributed by atoms with Crippen molar-refractivity contribution in [2.75, 3.05) is 0 Å². The summed E-state index contributed by atoms with van der Waals surface area (Å²) in [6.07, 6.45) is -4.27. The quantitative estimate of drug-likeness (QED) is 0.796. The molecular formula is C13H18F3NS. The molecule has 0 spiro atoms. The normalized spacial score (nSPS) is 14.6. The Morgan fingerprint density at radius 1 is 1.06 bits per heavy atom. The third kappa shape index (κ3) is 4.90. The fourth-order valence-corrected chi connectivity index (χ4v) is 1.96.